The van der Waals surface area contributed by atoms with E-state index >= 15 is 0 Å². The number of nitrogens with one attached hydrogen (secondary N) is 2. The Morgan fingerprint density at radius 2 is 1.68 bits per heavy atom. The molecule has 0 saturated heterocycles. The summed E-state index contributed by atoms with van der Waals surface area (Å²) in [5.41, 5.74) is 5.22. The molecule has 1 aromatic carbocycles. The topological polar surface area (TPSA) is 62.7 Å². The zero-order valence-corrected chi connectivity index (χ0v) is 16.1. The molecule has 0 radical (unpaired) electrons. The number of benzene rings is 1. The molecule has 0 fully saturated rings. The van der Waals surface area contributed by atoms with Crippen LogP contribution in [0.15, 0.2) is 47.2 Å². The van der Waals surface area contributed by atoms with Crippen molar-refractivity contribution in [2.24, 2.45) is 0 Å². The summed E-state index contributed by atoms with van der Waals surface area (Å²) in [6.45, 7) is 6.95. The normalized spacial score (nSPS) is 10.6. The maximum Gasteiger partial charge on any atom is 0.225 e. The Hall–Kier alpha value is -2.47. The van der Waals surface area contributed by atoms with Gasteiger partial charge in [-0.1, -0.05) is 15.9 Å². The molecule has 25 heavy (non-hydrogen) atoms. The number of hydrogen-bond donors (Lipinski definition) is 2. The number of nitrogens with zero attached hydrogens (tertiary/aromatic N) is 3. The van der Waals surface area contributed by atoms with E-state index in [0.29, 0.717) is 5.95 Å². The predicted octanol–water partition coefficient (Wildman–Crippen LogP) is 5.09. The summed E-state index contributed by atoms with van der Waals surface area (Å²) in [6.07, 6.45) is 3.53. The van der Waals surface area contributed by atoms with Crippen molar-refractivity contribution in [3.8, 4) is 11.3 Å². The van der Waals surface area contributed by atoms with Crippen molar-refractivity contribution in [1.82, 2.24) is 15.0 Å². The third kappa shape index (κ3) is 4.14. The Bertz CT molecular complexity index is 857. The highest BCUT2D eigenvalue weighted by Crippen LogP contribution is 2.29. The van der Waals surface area contributed by atoms with Gasteiger partial charge in [0, 0.05) is 40.7 Å². The van der Waals surface area contributed by atoms with Crippen LogP contribution in [-0.2, 0) is 0 Å². The van der Waals surface area contributed by atoms with Crippen molar-refractivity contribution in [2.75, 3.05) is 17.2 Å². The highest BCUT2D eigenvalue weighted by molar-refractivity contribution is 9.10. The highest BCUT2D eigenvalue weighted by Gasteiger charge is 2.10. The SMILES string of the molecule is CCNc1nc(Nc2c(C)cc(Br)cc2C)cc(-c2ccncc2)n1. The number of pyridine rings is 1. The number of aryl methyl sites for hydroxylation is 2. The van der Waals surface area contributed by atoms with E-state index in [1.165, 1.54) is 0 Å². The lowest BCUT2D eigenvalue weighted by molar-refractivity contribution is 1.09. The lowest BCUT2D eigenvalue weighted by atomic mass is 10.1. The molecule has 0 saturated carbocycles. The van der Waals surface area contributed by atoms with Crippen LogP contribution < -0.4 is 10.6 Å². The minimum atomic E-state index is 0.603. The fourth-order valence-corrected chi connectivity index (χ4v) is 3.34. The van der Waals surface area contributed by atoms with E-state index in [9.17, 15) is 0 Å². The Balaban J connectivity index is 2.03. The summed E-state index contributed by atoms with van der Waals surface area (Å²) in [6, 6.07) is 10.0. The standard InChI is InChI=1S/C19H20BrN5/c1-4-22-19-23-16(14-5-7-21-8-6-14)11-17(25-19)24-18-12(2)9-15(20)10-13(18)3/h5-11H,4H2,1-3H3,(H2,22,23,24,25). The molecule has 0 atom stereocenters. The average molecular weight is 398 g/mol. The summed E-state index contributed by atoms with van der Waals surface area (Å²) in [5.74, 6) is 1.36. The quantitative estimate of drug-likeness (QED) is 0.627. The van der Waals surface area contributed by atoms with E-state index in [1.807, 2.05) is 25.1 Å². The van der Waals surface area contributed by atoms with Crippen LogP contribution in [0.25, 0.3) is 11.3 Å². The molecule has 2 N–H and O–H groups in total. The van der Waals surface area contributed by atoms with E-state index < -0.39 is 0 Å². The molecular formula is C19H20BrN5. The maximum atomic E-state index is 4.60. The van der Waals surface area contributed by atoms with Crippen LogP contribution in [0, 0.1) is 13.8 Å². The number of anilines is 3. The van der Waals surface area contributed by atoms with E-state index in [0.717, 1.165) is 44.9 Å². The molecule has 2 heterocycles. The van der Waals surface area contributed by atoms with Crippen LogP contribution >= 0.6 is 15.9 Å². The Kier molecular flexibility index (Phi) is 5.28. The van der Waals surface area contributed by atoms with Crippen molar-refractivity contribution < 1.29 is 0 Å². The van der Waals surface area contributed by atoms with Crippen LogP contribution in [0.3, 0.4) is 0 Å². The second-order valence-electron chi connectivity index (χ2n) is 5.77. The number of hydrogen-bond acceptors (Lipinski definition) is 5. The molecule has 0 bridgehead atoms. The lowest BCUT2D eigenvalue weighted by Gasteiger charge is -2.15. The molecular weight excluding hydrogens is 378 g/mol. The van der Waals surface area contributed by atoms with Crippen molar-refractivity contribution in [1.29, 1.82) is 0 Å². The molecule has 5 nitrogen and oxygen atoms in total. The van der Waals surface area contributed by atoms with E-state index in [2.05, 4.69) is 67.5 Å². The van der Waals surface area contributed by atoms with Gasteiger partial charge in [-0.15, -0.1) is 0 Å². The minimum absolute atomic E-state index is 0.603. The molecule has 0 aliphatic rings. The summed E-state index contributed by atoms with van der Waals surface area (Å²) in [4.78, 5) is 13.3. The van der Waals surface area contributed by atoms with Crippen molar-refractivity contribution in [3.05, 3.63) is 58.3 Å². The van der Waals surface area contributed by atoms with E-state index in [4.69, 9.17) is 0 Å². The highest BCUT2D eigenvalue weighted by atomic mass is 79.9. The fraction of sp³-hybridized carbons (Fsp3) is 0.211. The summed E-state index contributed by atoms with van der Waals surface area (Å²) < 4.78 is 1.07. The van der Waals surface area contributed by atoms with Crippen LogP contribution in [-0.4, -0.2) is 21.5 Å². The van der Waals surface area contributed by atoms with Crippen LogP contribution in [0.4, 0.5) is 17.5 Å². The third-order valence-electron chi connectivity index (χ3n) is 3.79. The van der Waals surface area contributed by atoms with Gasteiger partial charge >= 0.3 is 0 Å². The largest absolute Gasteiger partial charge is 0.354 e. The number of halogens is 1. The maximum absolute atomic E-state index is 4.60. The van der Waals surface area contributed by atoms with Crippen molar-refractivity contribution in [2.45, 2.75) is 20.8 Å². The fourth-order valence-electron chi connectivity index (χ4n) is 2.65. The molecule has 0 aliphatic heterocycles. The average Bonchev–Trinajstić information content (AvgIpc) is 2.59. The van der Waals surface area contributed by atoms with E-state index in [-0.39, 0.29) is 0 Å². The van der Waals surface area contributed by atoms with Crippen LogP contribution in [0.2, 0.25) is 0 Å². The molecule has 3 aromatic rings. The summed E-state index contributed by atoms with van der Waals surface area (Å²) in [7, 11) is 0. The van der Waals surface area contributed by atoms with Gasteiger partial charge in [0.05, 0.1) is 5.69 Å². The van der Waals surface area contributed by atoms with Crippen molar-refractivity contribution in [3.63, 3.8) is 0 Å². The van der Waals surface area contributed by atoms with Gasteiger partial charge in [-0.25, -0.2) is 4.98 Å². The van der Waals surface area contributed by atoms with Crippen molar-refractivity contribution >= 4 is 33.4 Å². The van der Waals surface area contributed by atoms with Gasteiger partial charge in [0.1, 0.15) is 5.82 Å². The molecule has 128 valence electrons. The van der Waals surface area contributed by atoms with E-state index in [1.54, 1.807) is 12.4 Å². The lowest BCUT2D eigenvalue weighted by Crippen LogP contribution is -2.06. The smallest absolute Gasteiger partial charge is 0.225 e. The first kappa shape index (κ1) is 17.4. The van der Waals surface area contributed by atoms with Gasteiger partial charge in [-0.05, 0) is 56.2 Å². The zero-order chi connectivity index (χ0) is 17.8. The first-order chi connectivity index (χ1) is 12.1. The molecule has 0 unspecified atom stereocenters. The first-order valence-electron chi connectivity index (χ1n) is 8.14. The summed E-state index contributed by atoms with van der Waals surface area (Å²) in [5, 5.41) is 6.65. The van der Waals surface area contributed by atoms with Crippen LogP contribution in [0.5, 0.6) is 0 Å². The monoisotopic (exact) mass is 397 g/mol. The second-order valence-corrected chi connectivity index (χ2v) is 6.68. The minimum Gasteiger partial charge on any atom is -0.354 e. The third-order valence-corrected chi connectivity index (χ3v) is 4.25. The Morgan fingerprint density at radius 3 is 2.32 bits per heavy atom. The zero-order valence-electron chi connectivity index (χ0n) is 14.5. The number of aromatic nitrogens is 3. The Labute approximate surface area is 156 Å². The predicted molar refractivity (Wildman–Crippen MR) is 106 cm³/mol. The van der Waals surface area contributed by atoms with Gasteiger partial charge in [0.15, 0.2) is 0 Å². The molecule has 3 rings (SSSR count). The molecule has 0 aliphatic carbocycles. The van der Waals surface area contributed by atoms with Gasteiger partial charge < -0.3 is 10.6 Å². The summed E-state index contributed by atoms with van der Waals surface area (Å²) >= 11 is 3.54. The molecule has 0 spiro atoms. The molecule has 2 aromatic heterocycles. The second kappa shape index (κ2) is 7.61. The van der Waals surface area contributed by atoms with Crippen LogP contribution in [0.1, 0.15) is 18.1 Å². The number of rotatable bonds is 5. The van der Waals surface area contributed by atoms with Gasteiger partial charge in [0.2, 0.25) is 5.95 Å². The Morgan fingerprint density at radius 1 is 1.00 bits per heavy atom. The molecule has 0 amide bonds. The van der Waals surface area contributed by atoms with Gasteiger partial charge in [0.25, 0.3) is 0 Å². The first-order valence-corrected chi connectivity index (χ1v) is 8.93. The van der Waals surface area contributed by atoms with Gasteiger partial charge in [-0.2, -0.15) is 4.98 Å². The van der Waals surface area contributed by atoms with Gasteiger partial charge in [-0.3, -0.25) is 4.98 Å². The molecule has 6 heteroatoms.